The maximum absolute atomic E-state index is 12.8. The summed E-state index contributed by atoms with van der Waals surface area (Å²) in [6, 6.07) is 5.05. The van der Waals surface area contributed by atoms with Crippen molar-refractivity contribution < 1.29 is 18.3 Å². The van der Waals surface area contributed by atoms with Crippen molar-refractivity contribution in [2.75, 3.05) is 19.7 Å². The van der Waals surface area contributed by atoms with Gasteiger partial charge in [0.2, 0.25) is 0 Å². The van der Waals surface area contributed by atoms with Crippen LogP contribution in [-0.2, 0) is 13.0 Å². The molecule has 0 aliphatic rings. The number of rotatable bonds is 11. The number of para-hydroxylation sites is 1. The Morgan fingerprint density at radius 2 is 2.07 bits per heavy atom. The second-order valence-corrected chi connectivity index (χ2v) is 6.30. The molecule has 0 spiro atoms. The Hall–Kier alpha value is -2.84. The van der Waals surface area contributed by atoms with E-state index in [0.717, 1.165) is 25.1 Å². The van der Waals surface area contributed by atoms with Crippen LogP contribution in [0.25, 0.3) is 0 Å². The Labute approximate surface area is 169 Å². The molecule has 0 amide bonds. The van der Waals surface area contributed by atoms with Crippen molar-refractivity contribution in [1.29, 1.82) is 0 Å². The molecule has 0 radical (unpaired) electrons. The predicted octanol–water partition coefficient (Wildman–Crippen LogP) is 3.41. The largest absolute Gasteiger partial charge is 0.490 e. The highest BCUT2D eigenvalue weighted by Gasteiger charge is 2.15. The van der Waals surface area contributed by atoms with Crippen LogP contribution < -0.4 is 20.1 Å². The van der Waals surface area contributed by atoms with Gasteiger partial charge in [-0.1, -0.05) is 12.1 Å². The van der Waals surface area contributed by atoms with Gasteiger partial charge in [-0.15, -0.1) is 0 Å². The molecule has 1 aromatic heterocycles. The van der Waals surface area contributed by atoms with E-state index in [0.29, 0.717) is 24.7 Å². The molecule has 0 aliphatic carbocycles. The normalized spacial score (nSPS) is 11.6. The van der Waals surface area contributed by atoms with Gasteiger partial charge in [0.1, 0.15) is 0 Å². The fraction of sp³-hybridized carbons (Fsp3) is 0.500. The molecule has 1 heterocycles. The van der Waals surface area contributed by atoms with E-state index in [1.807, 2.05) is 20.0 Å². The van der Waals surface area contributed by atoms with Crippen LogP contribution in [0.2, 0.25) is 0 Å². The van der Waals surface area contributed by atoms with Gasteiger partial charge in [0.25, 0.3) is 0 Å². The van der Waals surface area contributed by atoms with E-state index in [1.54, 1.807) is 25.1 Å². The predicted molar refractivity (Wildman–Crippen MR) is 109 cm³/mol. The number of guanidine groups is 1. The van der Waals surface area contributed by atoms with E-state index in [4.69, 9.17) is 9.47 Å². The fourth-order valence-electron chi connectivity index (χ4n) is 2.80. The number of aromatic amines is 1. The van der Waals surface area contributed by atoms with E-state index < -0.39 is 6.61 Å². The second kappa shape index (κ2) is 11.9. The van der Waals surface area contributed by atoms with Crippen molar-refractivity contribution in [2.45, 2.75) is 46.8 Å². The summed E-state index contributed by atoms with van der Waals surface area (Å²) < 4.78 is 35.8. The van der Waals surface area contributed by atoms with Crippen molar-refractivity contribution in [3.63, 3.8) is 0 Å². The number of alkyl halides is 2. The molecular formula is C20H29F2N5O2. The summed E-state index contributed by atoms with van der Waals surface area (Å²) in [6.45, 7) is 4.75. The lowest BCUT2D eigenvalue weighted by atomic mass is 10.1. The third-order valence-corrected chi connectivity index (χ3v) is 4.17. The van der Waals surface area contributed by atoms with Crippen molar-refractivity contribution in [3.05, 3.63) is 41.2 Å². The van der Waals surface area contributed by atoms with E-state index in [2.05, 4.69) is 25.8 Å². The lowest BCUT2D eigenvalue weighted by Crippen LogP contribution is -2.37. The molecule has 0 fully saturated rings. The van der Waals surface area contributed by atoms with Crippen LogP contribution in [0.5, 0.6) is 11.5 Å². The minimum absolute atomic E-state index is 0.0272. The molecule has 0 atom stereocenters. The van der Waals surface area contributed by atoms with Crippen LogP contribution in [0.4, 0.5) is 8.78 Å². The number of aliphatic imine (C=N–C) groups is 1. The first-order chi connectivity index (χ1) is 14.0. The number of benzene rings is 1. The Kier molecular flexibility index (Phi) is 9.20. The van der Waals surface area contributed by atoms with Gasteiger partial charge < -0.3 is 20.1 Å². The molecule has 7 nitrogen and oxygen atoms in total. The highest BCUT2D eigenvalue weighted by atomic mass is 19.3. The summed E-state index contributed by atoms with van der Waals surface area (Å²) in [4.78, 5) is 4.50. The monoisotopic (exact) mass is 409 g/mol. The van der Waals surface area contributed by atoms with E-state index in [1.165, 1.54) is 5.56 Å². The molecule has 0 saturated heterocycles. The van der Waals surface area contributed by atoms with Gasteiger partial charge in [0.05, 0.1) is 19.3 Å². The van der Waals surface area contributed by atoms with Crippen LogP contribution in [0.1, 0.15) is 37.1 Å². The zero-order chi connectivity index (χ0) is 21.1. The van der Waals surface area contributed by atoms with Crippen molar-refractivity contribution >= 4 is 5.96 Å². The molecule has 160 valence electrons. The van der Waals surface area contributed by atoms with Gasteiger partial charge in [0.15, 0.2) is 17.5 Å². The minimum atomic E-state index is -2.93. The lowest BCUT2D eigenvalue weighted by Gasteiger charge is -2.15. The number of nitrogens with zero attached hydrogens (tertiary/aromatic N) is 2. The first-order valence-electron chi connectivity index (χ1n) is 9.75. The van der Waals surface area contributed by atoms with Crippen LogP contribution >= 0.6 is 0 Å². The zero-order valence-corrected chi connectivity index (χ0v) is 17.1. The van der Waals surface area contributed by atoms with Crippen molar-refractivity contribution in [2.24, 2.45) is 4.99 Å². The summed E-state index contributed by atoms with van der Waals surface area (Å²) in [7, 11) is 0. The number of halogens is 2. The third kappa shape index (κ3) is 7.24. The number of aryl methyl sites for hydroxylation is 2. The number of ether oxygens (including phenoxy) is 2. The van der Waals surface area contributed by atoms with E-state index in [9.17, 15) is 8.78 Å². The lowest BCUT2D eigenvalue weighted by molar-refractivity contribution is -0.0520. The minimum Gasteiger partial charge on any atom is -0.490 e. The molecule has 0 unspecified atom stereocenters. The zero-order valence-electron chi connectivity index (χ0n) is 17.1. The number of hydrogen-bond acceptors (Lipinski definition) is 4. The summed E-state index contributed by atoms with van der Waals surface area (Å²) in [5.74, 6) is 0.926. The van der Waals surface area contributed by atoms with Gasteiger partial charge in [-0.25, -0.2) is 4.99 Å². The van der Waals surface area contributed by atoms with Crippen molar-refractivity contribution in [1.82, 2.24) is 20.8 Å². The first-order valence-corrected chi connectivity index (χ1v) is 9.75. The molecule has 0 bridgehead atoms. The highest BCUT2D eigenvalue weighted by Crippen LogP contribution is 2.33. The standard InChI is InChI=1S/C20H29F2N5O2/c1-4-23-20(24-11-7-9-15-13-26-27-14(15)3)25-12-16-8-6-10-17(28-5-2)18(16)29-19(21)22/h6,8,10,13,19H,4-5,7,9,11-12H2,1-3H3,(H,26,27)(H2,23,24,25). The number of aromatic nitrogens is 2. The quantitative estimate of drug-likeness (QED) is 0.301. The van der Waals surface area contributed by atoms with Gasteiger partial charge in [0, 0.05) is 24.3 Å². The Morgan fingerprint density at radius 3 is 2.72 bits per heavy atom. The second-order valence-electron chi connectivity index (χ2n) is 6.30. The highest BCUT2D eigenvalue weighted by molar-refractivity contribution is 5.79. The molecule has 3 N–H and O–H groups in total. The Morgan fingerprint density at radius 1 is 1.24 bits per heavy atom. The average Bonchev–Trinajstić information content (AvgIpc) is 3.09. The maximum Gasteiger partial charge on any atom is 0.387 e. The van der Waals surface area contributed by atoms with Gasteiger partial charge in [-0.2, -0.15) is 13.9 Å². The smallest absolute Gasteiger partial charge is 0.387 e. The average molecular weight is 409 g/mol. The topological polar surface area (TPSA) is 83.6 Å². The van der Waals surface area contributed by atoms with Gasteiger partial charge in [-0.3, -0.25) is 5.10 Å². The van der Waals surface area contributed by atoms with E-state index >= 15 is 0 Å². The van der Waals surface area contributed by atoms with Crippen LogP contribution in [0.3, 0.4) is 0 Å². The molecular weight excluding hydrogens is 380 g/mol. The molecule has 2 aromatic rings. The third-order valence-electron chi connectivity index (χ3n) is 4.17. The molecule has 29 heavy (non-hydrogen) atoms. The fourth-order valence-corrected chi connectivity index (χ4v) is 2.80. The van der Waals surface area contributed by atoms with Crippen LogP contribution in [0, 0.1) is 6.92 Å². The SMILES string of the molecule is CCNC(=NCc1cccc(OCC)c1OC(F)F)NCCCc1cn[nH]c1C. The maximum atomic E-state index is 12.8. The number of nitrogens with one attached hydrogen (secondary N) is 3. The molecule has 0 saturated carbocycles. The Bertz CT molecular complexity index is 780. The molecule has 2 rings (SSSR count). The molecule has 1 aromatic carbocycles. The summed E-state index contributed by atoms with van der Waals surface area (Å²) >= 11 is 0. The van der Waals surface area contributed by atoms with E-state index in [-0.39, 0.29) is 18.0 Å². The number of H-pyrrole nitrogens is 1. The summed E-state index contributed by atoms with van der Waals surface area (Å²) in [5.41, 5.74) is 2.80. The van der Waals surface area contributed by atoms with Gasteiger partial charge in [-0.05, 0) is 45.2 Å². The molecule has 0 aliphatic heterocycles. The number of hydrogen-bond donors (Lipinski definition) is 3. The van der Waals surface area contributed by atoms with Crippen LogP contribution in [0.15, 0.2) is 29.4 Å². The molecule has 9 heteroatoms. The van der Waals surface area contributed by atoms with Crippen molar-refractivity contribution in [3.8, 4) is 11.5 Å². The summed E-state index contributed by atoms with van der Waals surface area (Å²) in [5, 5.41) is 13.4. The first kappa shape index (κ1) is 22.4. The summed E-state index contributed by atoms with van der Waals surface area (Å²) in [6.07, 6.45) is 3.65. The van der Waals surface area contributed by atoms with Gasteiger partial charge >= 0.3 is 6.61 Å². The van der Waals surface area contributed by atoms with Crippen LogP contribution in [-0.4, -0.2) is 42.5 Å². The Balaban J connectivity index is 2.01.